The van der Waals surface area contributed by atoms with Crippen LogP contribution in [0, 0.1) is 10.1 Å². The number of para-hydroxylation sites is 1. The number of anilines is 4. The summed E-state index contributed by atoms with van der Waals surface area (Å²) in [4.78, 5) is 23.4. The van der Waals surface area contributed by atoms with Gasteiger partial charge in [0.2, 0.25) is 17.8 Å². The summed E-state index contributed by atoms with van der Waals surface area (Å²) in [5, 5.41) is 30.9. The van der Waals surface area contributed by atoms with E-state index in [4.69, 9.17) is 0 Å². The van der Waals surface area contributed by atoms with Crippen LogP contribution in [0.4, 0.5) is 29.2 Å². The molecule has 34 heavy (non-hydrogen) atoms. The average Bonchev–Trinajstić information content (AvgIpc) is 2.85. The predicted molar refractivity (Wildman–Crippen MR) is 129 cm³/mol. The van der Waals surface area contributed by atoms with Gasteiger partial charge >= 0.3 is 5.69 Å². The van der Waals surface area contributed by atoms with Crippen molar-refractivity contribution in [2.24, 2.45) is 5.10 Å². The molecule has 0 amide bonds. The maximum atomic E-state index is 11.0. The molecule has 0 unspecified atom stereocenters. The van der Waals surface area contributed by atoms with E-state index < -0.39 is 16.4 Å². The van der Waals surface area contributed by atoms with Crippen molar-refractivity contribution in [3.05, 3.63) is 100 Å². The van der Waals surface area contributed by atoms with E-state index in [0.717, 1.165) is 11.3 Å². The first-order chi connectivity index (χ1) is 16.6. The van der Waals surface area contributed by atoms with E-state index in [9.17, 15) is 15.2 Å². The normalized spacial score (nSPS) is 10.7. The van der Waals surface area contributed by atoms with Gasteiger partial charge in [-0.05, 0) is 29.8 Å². The molecule has 4 aromatic rings. The monoisotopic (exact) mass is 456 g/mol. The minimum Gasteiger partial charge on any atom is -0.502 e. The third-order valence-corrected chi connectivity index (χ3v) is 4.53. The van der Waals surface area contributed by atoms with Crippen molar-refractivity contribution in [1.82, 2.24) is 15.0 Å². The second kappa shape index (κ2) is 10.5. The molecule has 0 aliphatic rings. The summed E-state index contributed by atoms with van der Waals surface area (Å²) in [6.45, 7) is 0.509. The lowest BCUT2D eigenvalue weighted by Gasteiger charge is -2.10. The molecule has 4 N–H and O–H groups in total. The van der Waals surface area contributed by atoms with Crippen LogP contribution in [-0.4, -0.2) is 31.2 Å². The number of hydrogen-bond donors (Lipinski definition) is 4. The Balaban J connectivity index is 1.53. The molecule has 0 aliphatic heterocycles. The molecule has 4 rings (SSSR count). The molecule has 0 fully saturated rings. The summed E-state index contributed by atoms with van der Waals surface area (Å²) in [5.74, 6) is 0.372. The van der Waals surface area contributed by atoms with Crippen LogP contribution in [0.1, 0.15) is 11.1 Å². The first kappa shape index (κ1) is 22.1. The standard InChI is InChI=1S/C23H20N8O3/c32-20-12-11-17(13-19(20)31(33)34)15-25-30-23-28-21(24-14-16-7-3-1-4-8-16)27-22(29-23)26-18-9-5-2-6-10-18/h1-13,15,32H,14H2,(H3,24,26,27,28,29,30)/b25-15+. The molecule has 11 heteroatoms. The molecule has 3 aromatic carbocycles. The Labute approximate surface area is 194 Å². The van der Waals surface area contributed by atoms with Gasteiger partial charge in [0, 0.05) is 23.9 Å². The number of aromatic hydroxyl groups is 1. The summed E-state index contributed by atoms with van der Waals surface area (Å²) in [5.41, 5.74) is 4.57. The molecular formula is C23H20N8O3. The molecule has 1 heterocycles. The molecule has 0 saturated heterocycles. The Morgan fingerprint density at radius 1 is 0.912 bits per heavy atom. The fourth-order valence-corrected chi connectivity index (χ4v) is 2.92. The topological polar surface area (TPSA) is 150 Å². The molecule has 0 bridgehead atoms. The van der Waals surface area contributed by atoms with Crippen LogP contribution < -0.4 is 16.1 Å². The number of nitrogens with one attached hydrogen (secondary N) is 3. The van der Waals surface area contributed by atoms with Gasteiger partial charge in [0.25, 0.3) is 0 Å². The van der Waals surface area contributed by atoms with Gasteiger partial charge in [-0.2, -0.15) is 20.1 Å². The lowest BCUT2D eigenvalue weighted by atomic mass is 10.2. The summed E-state index contributed by atoms with van der Waals surface area (Å²) in [7, 11) is 0. The van der Waals surface area contributed by atoms with Gasteiger partial charge in [-0.25, -0.2) is 5.43 Å². The predicted octanol–water partition coefficient (Wildman–Crippen LogP) is 4.29. The summed E-state index contributed by atoms with van der Waals surface area (Å²) in [6.07, 6.45) is 1.36. The summed E-state index contributed by atoms with van der Waals surface area (Å²) < 4.78 is 0. The van der Waals surface area contributed by atoms with Gasteiger partial charge < -0.3 is 15.7 Å². The van der Waals surface area contributed by atoms with Crippen molar-refractivity contribution < 1.29 is 10.0 Å². The van der Waals surface area contributed by atoms with Crippen molar-refractivity contribution in [2.45, 2.75) is 6.54 Å². The Hall–Kier alpha value is -5.06. The third-order valence-electron chi connectivity index (χ3n) is 4.53. The minimum atomic E-state index is -0.668. The number of rotatable bonds is 9. The van der Waals surface area contributed by atoms with Gasteiger partial charge in [-0.15, -0.1) is 0 Å². The highest BCUT2D eigenvalue weighted by Crippen LogP contribution is 2.25. The largest absolute Gasteiger partial charge is 0.502 e. The number of benzene rings is 3. The van der Waals surface area contributed by atoms with Crippen molar-refractivity contribution >= 4 is 35.4 Å². The number of phenolic OH excluding ortho intramolecular Hbond substituents is 1. The van der Waals surface area contributed by atoms with Crippen LogP contribution in [0.15, 0.2) is 84.0 Å². The number of hydrazone groups is 1. The molecular weight excluding hydrogens is 436 g/mol. The van der Waals surface area contributed by atoms with Crippen molar-refractivity contribution in [2.75, 3.05) is 16.1 Å². The van der Waals surface area contributed by atoms with E-state index in [1.165, 1.54) is 24.4 Å². The SMILES string of the molecule is O=[N+]([O-])c1cc(/C=N/Nc2nc(NCc3ccccc3)nc(Nc3ccccc3)n2)ccc1O. The molecule has 11 nitrogen and oxygen atoms in total. The molecule has 0 atom stereocenters. The zero-order valence-corrected chi connectivity index (χ0v) is 17.8. The highest BCUT2D eigenvalue weighted by atomic mass is 16.6. The van der Waals surface area contributed by atoms with Crippen LogP contribution in [0.5, 0.6) is 5.75 Å². The third kappa shape index (κ3) is 6.01. The fourth-order valence-electron chi connectivity index (χ4n) is 2.92. The highest BCUT2D eigenvalue weighted by molar-refractivity contribution is 5.82. The number of nitro groups is 1. The minimum absolute atomic E-state index is 0.161. The lowest BCUT2D eigenvalue weighted by Crippen LogP contribution is -2.09. The fraction of sp³-hybridized carbons (Fsp3) is 0.0435. The van der Waals surface area contributed by atoms with Crippen LogP contribution in [0.25, 0.3) is 0 Å². The molecule has 0 spiro atoms. The van der Waals surface area contributed by atoms with E-state index in [0.29, 0.717) is 24.0 Å². The van der Waals surface area contributed by atoms with Crippen LogP contribution in [0.3, 0.4) is 0 Å². The van der Waals surface area contributed by atoms with Gasteiger partial charge in [-0.3, -0.25) is 10.1 Å². The second-order valence-electron chi connectivity index (χ2n) is 7.01. The number of nitro benzene ring substituents is 1. The van der Waals surface area contributed by atoms with Gasteiger partial charge in [0.1, 0.15) is 0 Å². The van der Waals surface area contributed by atoms with E-state index in [1.807, 2.05) is 60.7 Å². The van der Waals surface area contributed by atoms with Crippen molar-refractivity contribution in [3.63, 3.8) is 0 Å². The molecule has 0 radical (unpaired) electrons. The van der Waals surface area contributed by atoms with E-state index >= 15 is 0 Å². The van der Waals surface area contributed by atoms with Gasteiger partial charge in [-0.1, -0.05) is 48.5 Å². The van der Waals surface area contributed by atoms with Crippen LogP contribution in [0.2, 0.25) is 0 Å². The van der Waals surface area contributed by atoms with Gasteiger partial charge in [0.15, 0.2) is 5.75 Å². The second-order valence-corrected chi connectivity index (χ2v) is 7.01. The first-order valence-corrected chi connectivity index (χ1v) is 10.2. The van der Waals surface area contributed by atoms with E-state index in [2.05, 4.69) is 36.1 Å². The zero-order valence-electron chi connectivity index (χ0n) is 17.8. The van der Waals surface area contributed by atoms with E-state index in [-0.39, 0.29) is 5.95 Å². The Morgan fingerprint density at radius 2 is 1.59 bits per heavy atom. The molecule has 170 valence electrons. The average molecular weight is 456 g/mol. The Bertz CT molecular complexity index is 1300. The lowest BCUT2D eigenvalue weighted by molar-refractivity contribution is -0.385. The number of nitrogens with zero attached hydrogens (tertiary/aromatic N) is 5. The summed E-state index contributed by atoms with van der Waals surface area (Å²) >= 11 is 0. The molecule has 0 saturated carbocycles. The summed E-state index contributed by atoms with van der Waals surface area (Å²) in [6, 6.07) is 23.2. The Morgan fingerprint density at radius 3 is 2.32 bits per heavy atom. The van der Waals surface area contributed by atoms with Gasteiger partial charge in [0.05, 0.1) is 11.1 Å². The van der Waals surface area contributed by atoms with Crippen molar-refractivity contribution in [3.8, 4) is 5.75 Å². The number of aromatic nitrogens is 3. The van der Waals surface area contributed by atoms with Crippen LogP contribution in [-0.2, 0) is 6.54 Å². The Kier molecular flexibility index (Phi) is 6.84. The first-order valence-electron chi connectivity index (χ1n) is 10.2. The quantitative estimate of drug-likeness (QED) is 0.164. The maximum absolute atomic E-state index is 11.0. The zero-order chi connectivity index (χ0) is 23.8. The van der Waals surface area contributed by atoms with Crippen LogP contribution >= 0.6 is 0 Å². The highest BCUT2D eigenvalue weighted by Gasteiger charge is 2.13. The van der Waals surface area contributed by atoms with E-state index in [1.54, 1.807) is 0 Å². The maximum Gasteiger partial charge on any atom is 0.311 e. The number of hydrogen-bond acceptors (Lipinski definition) is 10. The smallest absolute Gasteiger partial charge is 0.311 e. The van der Waals surface area contributed by atoms with Crippen molar-refractivity contribution in [1.29, 1.82) is 0 Å². The molecule has 1 aromatic heterocycles. The molecule has 0 aliphatic carbocycles. The number of phenols is 1.